The molecule has 5 unspecified atom stereocenters. The summed E-state index contributed by atoms with van der Waals surface area (Å²) >= 11 is 0. The van der Waals surface area contributed by atoms with Gasteiger partial charge in [0.25, 0.3) is 0 Å². The third-order valence-corrected chi connectivity index (χ3v) is 12.2. The number of unbranched alkanes of at least 4 members (excludes halogenated alkanes) is 12. The van der Waals surface area contributed by atoms with E-state index in [1.165, 1.54) is 25.7 Å². The number of esters is 2. The predicted molar refractivity (Wildman–Crippen MR) is 252 cm³/mol. The van der Waals surface area contributed by atoms with Crippen LogP contribution in [0.1, 0.15) is 162 Å². The van der Waals surface area contributed by atoms with Crippen molar-refractivity contribution in [3.8, 4) is 0 Å². The molecule has 19 heteroatoms. The highest BCUT2D eigenvalue weighted by molar-refractivity contribution is 7.47. The van der Waals surface area contributed by atoms with E-state index in [1.54, 1.807) is 0 Å². The van der Waals surface area contributed by atoms with Gasteiger partial charge in [-0.05, 0) is 83.5 Å². The van der Waals surface area contributed by atoms with Crippen molar-refractivity contribution in [2.75, 3.05) is 13.2 Å². The van der Waals surface area contributed by atoms with Gasteiger partial charge in [-0.2, -0.15) is 0 Å². The second kappa shape index (κ2) is 37.5. The average molecular weight is 981 g/mol. The van der Waals surface area contributed by atoms with Crippen LogP contribution in [0.3, 0.4) is 0 Å². The normalized spacial score (nSPS) is 22.5. The summed E-state index contributed by atoms with van der Waals surface area (Å²) in [6.07, 6.45) is 25.5. The number of hydrogen-bond donors (Lipinski definition) is 8. The van der Waals surface area contributed by atoms with Crippen LogP contribution in [0, 0.1) is 0 Å². The summed E-state index contributed by atoms with van der Waals surface area (Å²) in [6.45, 7) is 2.76. The topological polar surface area (TPSA) is 276 Å². The zero-order chi connectivity index (χ0) is 49.1. The maximum absolute atomic E-state index is 13.0. The molecule has 0 saturated heterocycles. The first kappa shape index (κ1) is 61.7. The summed E-state index contributed by atoms with van der Waals surface area (Å²) in [5.41, 5.74) is 0. The Balaban J connectivity index is 2.64. The van der Waals surface area contributed by atoms with Crippen molar-refractivity contribution in [2.24, 2.45) is 0 Å². The Morgan fingerprint density at radius 1 is 0.545 bits per heavy atom. The summed E-state index contributed by atoms with van der Waals surface area (Å²) < 4.78 is 49.3. The highest BCUT2D eigenvalue weighted by Crippen LogP contribution is 2.49. The zero-order valence-corrected chi connectivity index (χ0v) is 41.0. The van der Waals surface area contributed by atoms with Gasteiger partial charge in [-0.1, -0.05) is 126 Å². The molecular weight excluding hydrogens is 898 g/mol. The Morgan fingerprint density at radius 2 is 1.02 bits per heavy atom. The molecule has 0 heterocycles. The lowest BCUT2D eigenvalue weighted by Crippen LogP contribution is -2.64. The molecule has 0 radical (unpaired) electrons. The lowest BCUT2D eigenvalue weighted by molar-refractivity contribution is -0.216. The molecule has 17 nitrogen and oxygen atoms in total. The van der Waals surface area contributed by atoms with E-state index in [2.05, 4.69) is 54.0 Å². The summed E-state index contributed by atoms with van der Waals surface area (Å²) in [7, 11) is -10.7. The fourth-order valence-corrected chi connectivity index (χ4v) is 8.36. The summed E-state index contributed by atoms with van der Waals surface area (Å²) in [6, 6.07) is 0. The van der Waals surface area contributed by atoms with Gasteiger partial charge >= 0.3 is 27.6 Å². The van der Waals surface area contributed by atoms with E-state index in [9.17, 15) is 58.9 Å². The number of carbonyl (C=O) groups excluding carboxylic acids is 2. The lowest BCUT2D eigenvalue weighted by Gasteiger charge is -2.43. The van der Waals surface area contributed by atoms with Crippen LogP contribution in [0.25, 0.3) is 0 Å². The molecule has 1 fully saturated rings. The van der Waals surface area contributed by atoms with Crippen molar-refractivity contribution < 1.29 is 82.0 Å². The molecule has 0 aromatic heterocycles. The number of aliphatic hydroxyl groups is 5. The maximum atomic E-state index is 13.0. The molecular formula is C47H82O17P2. The molecule has 0 bridgehead atoms. The van der Waals surface area contributed by atoms with E-state index in [1.807, 2.05) is 25.2 Å². The van der Waals surface area contributed by atoms with E-state index < -0.39 is 83.5 Å². The molecule has 1 saturated carbocycles. The van der Waals surface area contributed by atoms with E-state index >= 15 is 0 Å². The monoisotopic (exact) mass is 981 g/mol. The fourth-order valence-electron chi connectivity index (χ4n) is 6.82. The van der Waals surface area contributed by atoms with Crippen LogP contribution >= 0.6 is 15.6 Å². The highest BCUT2D eigenvalue weighted by atomic mass is 31.2. The van der Waals surface area contributed by atoms with E-state index in [4.69, 9.17) is 18.5 Å². The highest BCUT2D eigenvalue weighted by Gasteiger charge is 2.54. The SMILES string of the molecule is CCCCCC/C=C\CCCCCCCCCC(=O)OC[C@H](COP(=O)(O)O[C@H]1C(O)C(O)C(O)[C@@H](OP(=O)(O)O)C1O)OC(=O)CCC/C=C\C/C=C\C/C=C\C/C=C\CC[C@H](O)CC. The van der Waals surface area contributed by atoms with E-state index in [0.717, 1.165) is 83.5 Å². The van der Waals surface area contributed by atoms with Crippen molar-refractivity contribution in [3.05, 3.63) is 60.8 Å². The maximum Gasteiger partial charge on any atom is 0.472 e. The number of allylic oxidation sites excluding steroid dienone is 10. The van der Waals surface area contributed by atoms with Crippen LogP contribution in [-0.4, -0.2) is 114 Å². The first-order valence-electron chi connectivity index (χ1n) is 23.9. The molecule has 1 aliphatic carbocycles. The number of aliphatic hydroxyl groups excluding tert-OH is 5. The molecule has 9 atom stereocenters. The summed E-state index contributed by atoms with van der Waals surface area (Å²) in [4.78, 5) is 54.2. The van der Waals surface area contributed by atoms with Gasteiger partial charge < -0.3 is 49.7 Å². The second-order valence-electron chi connectivity index (χ2n) is 16.6. The Labute approximate surface area is 392 Å². The molecule has 0 aliphatic heterocycles. The van der Waals surface area contributed by atoms with Crippen LogP contribution in [0.5, 0.6) is 0 Å². The van der Waals surface area contributed by atoms with Gasteiger partial charge in [0, 0.05) is 12.8 Å². The molecule has 66 heavy (non-hydrogen) atoms. The van der Waals surface area contributed by atoms with E-state index in [-0.39, 0.29) is 18.9 Å². The van der Waals surface area contributed by atoms with Gasteiger partial charge in [0.2, 0.25) is 0 Å². The molecule has 8 N–H and O–H groups in total. The van der Waals surface area contributed by atoms with Crippen molar-refractivity contribution >= 4 is 27.6 Å². The van der Waals surface area contributed by atoms with Crippen molar-refractivity contribution in [1.29, 1.82) is 0 Å². The standard InChI is InChI=1S/C47H82O17P2/c1-3-5-6-7-8-9-10-11-12-16-19-22-25-28-31-34-40(49)60-36-39(37-61-66(58,59)64-47-44(53)42(51)43(52)46(45(47)54)63-65(55,56)57)62-41(50)35-32-29-26-23-20-17-14-13-15-18-21-24-27-30-33-38(48)4-2/h9-10,14-15,17-18,23-24,26-27,38-39,42-48,51-54H,3-8,11-13,16,19-22,25,28-37H2,1-2H3,(H,58,59)(H2,55,56,57)/b10-9-,17-14-,18-15-,26-23-,27-24-/t38-,39-,42?,43?,44?,45?,46-,47+/m1/s1. The third-order valence-electron chi connectivity index (χ3n) is 10.7. The van der Waals surface area contributed by atoms with Gasteiger partial charge in [0.15, 0.2) is 6.10 Å². The largest absolute Gasteiger partial charge is 0.472 e. The van der Waals surface area contributed by atoms with Crippen molar-refractivity contribution in [3.63, 3.8) is 0 Å². The number of phosphoric acid groups is 2. The van der Waals surface area contributed by atoms with Gasteiger partial charge in [0.1, 0.15) is 43.2 Å². The molecule has 382 valence electrons. The number of ether oxygens (including phenoxy) is 2. The van der Waals surface area contributed by atoms with Crippen LogP contribution in [-0.2, 0) is 41.8 Å². The van der Waals surface area contributed by atoms with Gasteiger partial charge in [-0.25, -0.2) is 9.13 Å². The first-order chi connectivity index (χ1) is 31.5. The number of phosphoric ester groups is 2. The van der Waals surface area contributed by atoms with Crippen LogP contribution in [0.15, 0.2) is 60.8 Å². The van der Waals surface area contributed by atoms with Crippen LogP contribution < -0.4 is 0 Å². The molecule has 1 aliphatic rings. The molecule has 0 aromatic carbocycles. The number of hydrogen-bond acceptors (Lipinski definition) is 14. The molecule has 0 aromatic rings. The molecule has 0 amide bonds. The summed E-state index contributed by atoms with van der Waals surface area (Å²) in [5.74, 6) is -1.30. The Kier molecular flexibility index (Phi) is 35.1. The van der Waals surface area contributed by atoms with E-state index in [0.29, 0.717) is 25.7 Å². The molecule has 0 spiro atoms. The lowest BCUT2D eigenvalue weighted by atomic mass is 9.85. The zero-order valence-electron chi connectivity index (χ0n) is 39.2. The second-order valence-corrected chi connectivity index (χ2v) is 19.2. The smallest absolute Gasteiger partial charge is 0.462 e. The minimum atomic E-state index is -5.38. The number of rotatable bonds is 39. The number of carbonyl (C=O) groups is 2. The minimum Gasteiger partial charge on any atom is -0.462 e. The van der Waals surface area contributed by atoms with Crippen molar-refractivity contribution in [1.82, 2.24) is 0 Å². The van der Waals surface area contributed by atoms with Gasteiger partial charge in [-0.3, -0.25) is 23.2 Å². The Bertz CT molecular complexity index is 1530. The Hall–Kier alpha value is -2.34. The Morgan fingerprint density at radius 3 is 1.58 bits per heavy atom. The quantitative estimate of drug-likeness (QED) is 0.0125. The third kappa shape index (κ3) is 31.7. The first-order valence-corrected chi connectivity index (χ1v) is 26.9. The van der Waals surface area contributed by atoms with Crippen LogP contribution in [0.4, 0.5) is 0 Å². The van der Waals surface area contributed by atoms with Gasteiger partial charge in [-0.15, -0.1) is 0 Å². The fraction of sp³-hybridized carbons (Fsp3) is 0.745. The summed E-state index contributed by atoms with van der Waals surface area (Å²) in [5, 5.41) is 50.8. The van der Waals surface area contributed by atoms with Crippen molar-refractivity contribution in [2.45, 2.75) is 210 Å². The van der Waals surface area contributed by atoms with Crippen LogP contribution in [0.2, 0.25) is 0 Å². The average Bonchev–Trinajstić information content (AvgIpc) is 3.27. The van der Waals surface area contributed by atoms with Gasteiger partial charge in [0.05, 0.1) is 12.7 Å². The molecule has 1 rings (SSSR count). The predicted octanol–water partition coefficient (Wildman–Crippen LogP) is 8.03. The minimum absolute atomic E-state index is 0.0478.